The van der Waals surface area contributed by atoms with Gasteiger partial charge in [-0.15, -0.1) is 0 Å². The SMILES string of the molecule is O=C(Nc1ccc(Nc2ccc(NCCc3ccc(F)cc3)cc2)cc1)c1ccc(F)cc1. The predicted octanol–water partition coefficient (Wildman–Crippen LogP) is 6.62. The average Bonchev–Trinajstić information content (AvgIpc) is 2.83. The molecule has 0 radical (unpaired) electrons. The summed E-state index contributed by atoms with van der Waals surface area (Å²) < 4.78 is 26.0. The van der Waals surface area contributed by atoms with Crippen molar-refractivity contribution in [3.63, 3.8) is 0 Å². The molecule has 4 aromatic carbocycles. The van der Waals surface area contributed by atoms with Crippen LogP contribution in [0.5, 0.6) is 0 Å². The summed E-state index contributed by atoms with van der Waals surface area (Å²) in [6, 6.07) is 27.2. The number of anilines is 4. The number of amides is 1. The topological polar surface area (TPSA) is 53.2 Å². The van der Waals surface area contributed by atoms with Gasteiger partial charge in [-0.05, 0) is 96.9 Å². The van der Waals surface area contributed by atoms with Gasteiger partial charge in [-0.3, -0.25) is 4.79 Å². The first-order valence-corrected chi connectivity index (χ1v) is 10.6. The van der Waals surface area contributed by atoms with Crippen LogP contribution in [0.25, 0.3) is 0 Å². The van der Waals surface area contributed by atoms with Crippen LogP contribution in [0, 0.1) is 11.6 Å². The number of carbonyl (C=O) groups excluding carboxylic acids is 1. The molecule has 0 atom stereocenters. The quantitative estimate of drug-likeness (QED) is 0.287. The van der Waals surface area contributed by atoms with E-state index in [-0.39, 0.29) is 17.5 Å². The van der Waals surface area contributed by atoms with E-state index in [9.17, 15) is 13.6 Å². The maximum Gasteiger partial charge on any atom is 0.255 e. The van der Waals surface area contributed by atoms with Gasteiger partial charge in [-0.25, -0.2) is 8.78 Å². The molecule has 0 spiro atoms. The van der Waals surface area contributed by atoms with Crippen molar-refractivity contribution < 1.29 is 13.6 Å². The Morgan fingerprint density at radius 1 is 0.606 bits per heavy atom. The lowest BCUT2D eigenvalue weighted by molar-refractivity contribution is 0.102. The van der Waals surface area contributed by atoms with E-state index in [1.54, 1.807) is 24.3 Å². The molecule has 1 amide bonds. The third-order valence-corrected chi connectivity index (χ3v) is 5.08. The van der Waals surface area contributed by atoms with Crippen molar-refractivity contribution in [1.29, 1.82) is 0 Å². The fraction of sp³-hybridized carbons (Fsp3) is 0.0741. The Morgan fingerprint density at radius 2 is 1.09 bits per heavy atom. The molecule has 33 heavy (non-hydrogen) atoms. The highest BCUT2D eigenvalue weighted by Gasteiger charge is 2.06. The normalized spacial score (nSPS) is 10.5. The van der Waals surface area contributed by atoms with Crippen LogP contribution in [0.4, 0.5) is 31.5 Å². The molecule has 3 N–H and O–H groups in total. The number of benzene rings is 4. The minimum atomic E-state index is -0.379. The fourth-order valence-electron chi connectivity index (χ4n) is 3.28. The molecular weight excluding hydrogens is 420 g/mol. The van der Waals surface area contributed by atoms with Crippen molar-refractivity contribution in [3.05, 3.63) is 120 Å². The molecule has 4 aromatic rings. The summed E-state index contributed by atoms with van der Waals surface area (Å²) in [6.07, 6.45) is 0.810. The maximum absolute atomic E-state index is 13.0. The first kappa shape index (κ1) is 22.0. The Morgan fingerprint density at radius 3 is 1.67 bits per heavy atom. The summed E-state index contributed by atoms with van der Waals surface area (Å²) in [6.45, 7) is 0.753. The highest BCUT2D eigenvalue weighted by Crippen LogP contribution is 2.21. The number of hydrogen-bond donors (Lipinski definition) is 3. The van der Waals surface area contributed by atoms with Crippen molar-refractivity contribution in [2.75, 3.05) is 22.5 Å². The summed E-state index contributed by atoms with van der Waals surface area (Å²) in [4.78, 5) is 12.2. The maximum atomic E-state index is 13.0. The molecule has 4 rings (SSSR count). The molecular formula is C27H23F2N3O. The van der Waals surface area contributed by atoms with E-state index in [2.05, 4.69) is 16.0 Å². The van der Waals surface area contributed by atoms with Gasteiger partial charge in [0.2, 0.25) is 0 Å². The van der Waals surface area contributed by atoms with Gasteiger partial charge < -0.3 is 16.0 Å². The van der Waals surface area contributed by atoms with Crippen LogP contribution in [0.3, 0.4) is 0 Å². The van der Waals surface area contributed by atoms with E-state index < -0.39 is 0 Å². The Labute approximate surface area is 191 Å². The van der Waals surface area contributed by atoms with E-state index in [1.807, 2.05) is 36.4 Å². The summed E-state index contributed by atoms with van der Waals surface area (Å²) in [5, 5.41) is 9.47. The molecule has 0 unspecified atom stereocenters. The zero-order valence-corrected chi connectivity index (χ0v) is 17.8. The first-order valence-electron chi connectivity index (χ1n) is 10.6. The molecule has 0 aliphatic carbocycles. The van der Waals surface area contributed by atoms with Crippen LogP contribution >= 0.6 is 0 Å². The van der Waals surface area contributed by atoms with Gasteiger partial charge in [0.05, 0.1) is 0 Å². The highest BCUT2D eigenvalue weighted by molar-refractivity contribution is 6.04. The Bertz CT molecular complexity index is 1190. The molecule has 0 aliphatic heterocycles. The number of rotatable bonds is 8. The average molecular weight is 443 g/mol. The second kappa shape index (κ2) is 10.4. The van der Waals surface area contributed by atoms with Crippen LogP contribution in [-0.4, -0.2) is 12.5 Å². The lowest BCUT2D eigenvalue weighted by Gasteiger charge is -2.11. The second-order valence-electron chi connectivity index (χ2n) is 7.54. The number of nitrogens with one attached hydrogen (secondary N) is 3. The molecule has 0 bridgehead atoms. The lowest BCUT2D eigenvalue weighted by atomic mass is 10.1. The van der Waals surface area contributed by atoms with Gasteiger partial charge in [-0.2, -0.15) is 0 Å². The summed E-state index contributed by atoms with van der Waals surface area (Å²) in [5.74, 6) is -0.895. The van der Waals surface area contributed by atoms with Crippen LogP contribution < -0.4 is 16.0 Å². The molecule has 0 aliphatic rings. The highest BCUT2D eigenvalue weighted by atomic mass is 19.1. The molecule has 6 heteroatoms. The largest absolute Gasteiger partial charge is 0.385 e. The van der Waals surface area contributed by atoms with Crippen LogP contribution in [-0.2, 0) is 6.42 Å². The monoisotopic (exact) mass is 443 g/mol. The van der Waals surface area contributed by atoms with Gasteiger partial charge in [0.15, 0.2) is 0 Å². The standard InChI is InChI=1S/C27H23F2N3O/c28-21-5-1-19(2-6-21)17-18-30-23-9-11-24(12-10-23)31-25-13-15-26(16-14-25)32-27(33)20-3-7-22(29)8-4-20/h1-16,30-31H,17-18H2,(H,32,33). The van der Waals surface area contributed by atoms with Crippen LogP contribution in [0.2, 0.25) is 0 Å². The van der Waals surface area contributed by atoms with E-state index in [1.165, 1.54) is 36.4 Å². The zero-order valence-electron chi connectivity index (χ0n) is 17.8. The van der Waals surface area contributed by atoms with Crippen molar-refractivity contribution in [3.8, 4) is 0 Å². The Balaban J connectivity index is 1.26. The lowest BCUT2D eigenvalue weighted by Crippen LogP contribution is -2.11. The van der Waals surface area contributed by atoms with E-state index in [4.69, 9.17) is 0 Å². The molecule has 0 aromatic heterocycles. The van der Waals surface area contributed by atoms with Crippen molar-refractivity contribution >= 4 is 28.7 Å². The fourth-order valence-corrected chi connectivity index (χ4v) is 3.28. The second-order valence-corrected chi connectivity index (χ2v) is 7.54. The Kier molecular flexibility index (Phi) is 6.95. The summed E-state index contributed by atoms with van der Waals surface area (Å²) >= 11 is 0. The predicted molar refractivity (Wildman–Crippen MR) is 129 cm³/mol. The number of halogens is 2. The minimum Gasteiger partial charge on any atom is -0.385 e. The number of hydrogen-bond acceptors (Lipinski definition) is 3. The van der Waals surface area contributed by atoms with Crippen molar-refractivity contribution in [1.82, 2.24) is 0 Å². The minimum absolute atomic E-state index is 0.223. The van der Waals surface area contributed by atoms with Crippen molar-refractivity contribution in [2.45, 2.75) is 6.42 Å². The summed E-state index contributed by atoms with van der Waals surface area (Å²) in [7, 11) is 0. The molecule has 0 saturated carbocycles. The summed E-state index contributed by atoms with van der Waals surface area (Å²) in [5.41, 5.74) is 4.94. The molecule has 0 saturated heterocycles. The zero-order chi connectivity index (χ0) is 23.0. The van der Waals surface area contributed by atoms with Gasteiger partial charge in [0.25, 0.3) is 5.91 Å². The van der Waals surface area contributed by atoms with Crippen LogP contribution in [0.15, 0.2) is 97.1 Å². The third kappa shape index (κ3) is 6.40. The molecule has 0 fully saturated rings. The van der Waals surface area contributed by atoms with Gasteiger partial charge >= 0.3 is 0 Å². The molecule has 4 nitrogen and oxygen atoms in total. The van der Waals surface area contributed by atoms with Gasteiger partial charge in [0, 0.05) is 34.9 Å². The smallest absolute Gasteiger partial charge is 0.255 e. The van der Waals surface area contributed by atoms with E-state index in [0.717, 1.165) is 35.6 Å². The van der Waals surface area contributed by atoms with Gasteiger partial charge in [-0.1, -0.05) is 12.1 Å². The van der Waals surface area contributed by atoms with E-state index in [0.29, 0.717) is 11.3 Å². The molecule has 166 valence electrons. The third-order valence-electron chi connectivity index (χ3n) is 5.08. The van der Waals surface area contributed by atoms with Crippen LogP contribution in [0.1, 0.15) is 15.9 Å². The van der Waals surface area contributed by atoms with E-state index >= 15 is 0 Å². The van der Waals surface area contributed by atoms with Gasteiger partial charge in [0.1, 0.15) is 11.6 Å². The molecule has 0 heterocycles. The van der Waals surface area contributed by atoms with Crippen molar-refractivity contribution in [2.24, 2.45) is 0 Å². The Hall–Kier alpha value is -4.19. The first-order chi connectivity index (χ1) is 16.0. The number of carbonyl (C=O) groups is 1.